The van der Waals surface area contributed by atoms with Gasteiger partial charge in [0.15, 0.2) is 0 Å². The quantitative estimate of drug-likeness (QED) is 0.650. The van der Waals surface area contributed by atoms with Gasteiger partial charge in [-0.15, -0.1) is 0 Å². The van der Waals surface area contributed by atoms with E-state index in [4.69, 9.17) is 0 Å². The van der Waals surface area contributed by atoms with Crippen molar-refractivity contribution in [2.75, 3.05) is 0 Å². The van der Waals surface area contributed by atoms with Gasteiger partial charge >= 0.3 is 0 Å². The van der Waals surface area contributed by atoms with Crippen LogP contribution < -0.4 is 0 Å². The number of aryl methyl sites for hydroxylation is 1. The lowest BCUT2D eigenvalue weighted by Crippen LogP contribution is -1.78. The normalized spacial score (nSPS) is 10.3. The van der Waals surface area contributed by atoms with Crippen LogP contribution in [0.15, 0.2) is 30.7 Å². The first-order chi connectivity index (χ1) is 5.36. The predicted molar refractivity (Wildman–Crippen MR) is 43.0 cm³/mol. The van der Waals surface area contributed by atoms with Gasteiger partial charge in [0.25, 0.3) is 0 Å². The summed E-state index contributed by atoms with van der Waals surface area (Å²) in [5.41, 5.74) is 2.23. The fourth-order valence-corrected chi connectivity index (χ4v) is 1.08. The number of hydrogen-bond acceptors (Lipinski definition) is 1. The largest absolute Gasteiger partial charge is 0.357 e. The second-order valence-corrected chi connectivity index (χ2v) is 2.54. The van der Waals surface area contributed by atoms with Crippen LogP contribution in [-0.4, -0.2) is 14.8 Å². The molecule has 3 heteroatoms. The summed E-state index contributed by atoms with van der Waals surface area (Å²) in [6, 6.07) is 4.00. The number of aromatic amines is 1. The minimum Gasteiger partial charge on any atom is -0.357 e. The molecule has 2 heterocycles. The van der Waals surface area contributed by atoms with E-state index < -0.39 is 0 Å². The van der Waals surface area contributed by atoms with E-state index in [9.17, 15) is 0 Å². The van der Waals surface area contributed by atoms with E-state index in [-0.39, 0.29) is 0 Å². The van der Waals surface area contributed by atoms with Gasteiger partial charge in [-0.05, 0) is 12.1 Å². The highest BCUT2D eigenvalue weighted by Gasteiger charge is 1.97. The van der Waals surface area contributed by atoms with Crippen LogP contribution in [0.4, 0.5) is 0 Å². The first-order valence-electron chi connectivity index (χ1n) is 3.48. The summed E-state index contributed by atoms with van der Waals surface area (Å²) in [5.74, 6) is 0. The lowest BCUT2D eigenvalue weighted by Gasteiger charge is -1.88. The van der Waals surface area contributed by atoms with Crippen LogP contribution in [0, 0.1) is 0 Å². The molecule has 2 aromatic rings. The third-order valence-electron chi connectivity index (χ3n) is 1.64. The van der Waals surface area contributed by atoms with E-state index in [1.165, 1.54) is 5.56 Å². The van der Waals surface area contributed by atoms with Crippen LogP contribution in [-0.2, 0) is 7.05 Å². The molecular formula is C8H9N3. The van der Waals surface area contributed by atoms with Gasteiger partial charge in [-0.3, -0.25) is 5.10 Å². The molecule has 0 bridgehead atoms. The van der Waals surface area contributed by atoms with Gasteiger partial charge in [-0.2, -0.15) is 5.10 Å². The summed E-state index contributed by atoms with van der Waals surface area (Å²) in [6.07, 6.45) is 5.81. The molecule has 0 radical (unpaired) electrons. The molecule has 2 aromatic heterocycles. The number of hydrogen-bond donors (Lipinski definition) is 1. The monoisotopic (exact) mass is 147 g/mol. The number of aromatic nitrogens is 3. The van der Waals surface area contributed by atoms with E-state index in [1.807, 2.05) is 36.1 Å². The number of rotatable bonds is 1. The maximum absolute atomic E-state index is 3.87. The van der Waals surface area contributed by atoms with Gasteiger partial charge in [0.2, 0.25) is 0 Å². The van der Waals surface area contributed by atoms with Crippen molar-refractivity contribution in [2.24, 2.45) is 7.05 Å². The summed E-state index contributed by atoms with van der Waals surface area (Å²) in [4.78, 5) is 0. The molecule has 0 fully saturated rings. The SMILES string of the molecule is Cn1ccc(-c2ccn[nH]2)c1. The fraction of sp³-hybridized carbons (Fsp3) is 0.125. The number of H-pyrrole nitrogens is 1. The van der Waals surface area contributed by atoms with Crippen molar-refractivity contribution < 1.29 is 0 Å². The van der Waals surface area contributed by atoms with Gasteiger partial charge in [-0.25, -0.2) is 0 Å². The zero-order valence-electron chi connectivity index (χ0n) is 6.28. The zero-order chi connectivity index (χ0) is 7.68. The molecule has 2 rings (SSSR count). The maximum Gasteiger partial charge on any atom is 0.0665 e. The Morgan fingerprint density at radius 1 is 1.45 bits per heavy atom. The van der Waals surface area contributed by atoms with Crippen LogP contribution in [0.1, 0.15) is 0 Å². The van der Waals surface area contributed by atoms with Gasteiger partial charge in [0.1, 0.15) is 0 Å². The molecule has 0 spiro atoms. The Morgan fingerprint density at radius 3 is 2.91 bits per heavy atom. The van der Waals surface area contributed by atoms with Gasteiger partial charge < -0.3 is 4.57 Å². The summed E-state index contributed by atoms with van der Waals surface area (Å²) in [7, 11) is 2.00. The molecule has 1 N–H and O–H groups in total. The van der Waals surface area contributed by atoms with E-state index in [2.05, 4.69) is 10.2 Å². The van der Waals surface area contributed by atoms with Crippen molar-refractivity contribution in [2.45, 2.75) is 0 Å². The van der Waals surface area contributed by atoms with Gasteiger partial charge in [-0.1, -0.05) is 0 Å². The van der Waals surface area contributed by atoms with Gasteiger partial charge in [0, 0.05) is 31.2 Å². The second kappa shape index (κ2) is 2.27. The lowest BCUT2D eigenvalue weighted by atomic mass is 10.2. The molecule has 0 aliphatic carbocycles. The smallest absolute Gasteiger partial charge is 0.0665 e. The highest BCUT2D eigenvalue weighted by atomic mass is 15.1. The summed E-state index contributed by atoms with van der Waals surface area (Å²) in [5, 5.41) is 6.78. The van der Waals surface area contributed by atoms with E-state index in [1.54, 1.807) is 6.20 Å². The van der Waals surface area contributed by atoms with Crippen molar-refractivity contribution in [1.82, 2.24) is 14.8 Å². The fourth-order valence-electron chi connectivity index (χ4n) is 1.08. The Morgan fingerprint density at radius 2 is 2.36 bits per heavy atom. The lowest BCUT2D eigenvalue weighted by molar-refractivity contribution is 0.928. The second-order valence-electron chi connectivity index (χ2n) is 2.54. The van der Waals surface area contributed by atoms with Crippen molar-refractivity contribution >= 4 is 0 Å². The molecule has 0 aliphatic rings. The number of nitrogens with one attached hydrogen (secondary N) is 1. The molecule has 11 heavy (non-hydrogen) atoms. The Labute approximate surface area is 64.7 Å². The maximum atomic E-state index is 3.87. The molecule has 56 valence electrons. The standard InChI is InChI=1S/C8H9N3/c1-11-5-3-7(6-11)8-2-4-9-10-8/h2-6H,1H3,(H,9,10). The van der Waals surface area contributed by atoms with Crippen LogP contribution in [0.5, 0.6) is 0 Å². The Kier molecular flexibility index (Phi) is 1.28. The number of nitrogens with zero attached hydrogens (tertiary/aromatic N) is 2. The Bertz CT molecular complexity index is 332. The first kappa shape index (κ1) is 6.22. The predicted octanol–water partition coefficient (Wildman–Crippen LogP) is 1.42. The van der Waals surface area contributed by atoms with Crippen molar-refractivity contribution in [1.29, 1.82) is 0 Å². The summed E-state index contributed by atoms with van der Waals surface area (Å²) >= 11 is 0. The molecule has 0 saturated carbocycles. The third-order valence-corrected chi connectivity index (χ3v) is 1.64. The van der Waals surface area contributed by atoms with E-state index in [0.717, 1.165) is 5.69 Å². The molecule has 0 atom stereocenters. The average Bonchev–Trinajstić information content (AvgIpc) is 2.55. The highest BCUT2D eigenvalue weighted by Crippen LogP contribution is 2.14. The minimum atomic E-state index is 1.06. The topological polar surface area (TPSA) is 33.6 Å². The molecule has 0 aromatic carbocycles. The van der Waals surface area contributed by atoms with E-state index >= 15 is 0 Å². The Hall–Kier alpha value is -1.51. The summed E-state index contributed by atoms with van der Waals surface area (Å²) in [6.45, 7) is 0. The molecule has 3 nitrogen and oxygen atoms in total. The Balaban J connectivity index is 2.45. The zero-order valence-corrected chi connectivity index (χ0v) is 6.28. The molecule has 0 unspecified atom stereocenters. The molecule has 0 saturated heterocycles. The van der Waals surface area contributed by atoms with Crippen LogP contribution in [0.3, 0.4) is 0 Å². The first-order valence-corrected chi connectivity index (χ1v) is 3.48. The minimum absolute atomic E-state index is 1.06. The van der Waals surface area contributed by atoms with Gasteiger partial charge in [0.05, 0.1) is 5.69 Å². The summed E-state index contributed by atoms with van der Waals surface area (Å²) < 4.78 is 2.01. The van der Waals surface area contributed by atoms with Crippen molar-refractivity contribution in [3.05, 3.63) is 30.7 Å². The average molecular weight is 147 g/mol. The van der Waals surface area contributed by atoms with Crippen molar-refractivity contribution in [3.8, 4) is 11.3 Å². The van der Waals surface area contributed by atoms with Crippen molar-refractivity contribution in [3.63, 3.8) is 0 Å². The third kappa shape index (κ3) is 1.05. The molecule has 0 amide bonds. The van der Waals surface area contributed by atoms with E-state index in [0.29, 0.717) is 0 Å². The van der Waals surface area contributed by atoms with Crippen LogP contribution >= 0.6 is 0 Å². The molecule has 0 aliphatic heterocycles. The van der Waals surface area contributed by atoms with Crippen LogP contribution in [0.25, 0.3) is 11.3 Å². The molecular weight excluding hydrogens is 138 g/mol. The van der Waals surface area contributed by atoms with Crippen LogP contribution in [0.2, 0.25) is 0 Å². The highest BCUT2D eigenvalue weighted by molar-refractivity contribution is 5.57.